The Hall–Kier alpha value is -0.540. The number of likely N-dealkylation sites (tertiary alicyclic amines) is 1. The number of aryl methyl sites for hydroxylation is 1. The summed E-state index contributed by atoms with van der Waals surface area (Å²) in [6.45, 7) is 2.98. The van der Waals surface area contributed by atoms with Crippen molar-refractivity contribution in [1.29, 1.82) is 0 Å². The number of amides is 1. The van der Waals surface area contributed by atoms with E-state index in [1.807, 2.05) is 11.0 Å². The van der Waals surface area contributed by atoms with Gasteiger partial charge in [-0.15, -0.1) is 22.9 Å². The van der Waals surface area contributed by atoms with E-state index in [9.17, 15) is 4.79 Å². The maximum absolute atomic E-state index is 12.5. The molecule has 18 heavy (non-hydrogen) atoms. The minimum Gasteiger partial charge on any atom is -0.334 e. The lowest BCUT2D eigenvalue weighted by molar-refractivity contribution is 0.0705. The van der Waals surface area contributed by atoms with Crippen molar-refractivity contribution in [2.45, 2.75) is 45.1 Å². The third-order valence-corrected chi connectivity index (χ3v) is 5.11. The Morgan fingerprint density at radius 1 is 1.44 bits per heavy atom. The Morgan fingerprint density at radius 3 is 2.94 bits per heavy atom. The Labute approximate surface area is 118 Å². The first kappa shape index (κ1) is 13.9. The Bertz CT molecular complexity index is 404. The second-order valence-electron chi connectivity index (χ2n) is 4.78. The highest BCUT2D eigenvalue weighted by atomic mass is 35.5. The molecule has 1 aromatic heterocycles. The lowest BCUT2D eigenvalue weighted by Crippen LogP contribution is -2.40. The van der Waals surface area contributed by atoms with Crippen molar-refractivity contribution in [3.05, 3.63) is 21.9 Å². The van der Waals surface area contributed by atoms with Gasteiger partial charge in [-0.1, -0.05) is 19.8 Å². The van der Waals surface area contributed by atoms with Gasteiger partial charge in [-0.05, 0) is 31.4 Å². The van der Waals surface area contributed by atoms with Crippen LogP contribution < -0.4 is 0 Å². The van der Waals surface area contributed by atoms with Crippen LogP contribution in [0, 0.1) is 0 Å². The van der Waals surface area contributed by atoms with Crippen molar-refractivity contribution >= 4 is 28.8 Å². The fourth-order valence-electron chi connectivity index (χ4n) is 2.43. The molecule has 1 atom stereocenters. The molecule has 1 aromatic rings. The van der Waals surface area contributed by atoms with Crippen molar-refractivity contribution in [1.82, 2.24) is 4.90 Å². The van der Waals surface area contributed by atoms with Crippen molar-refractivity contribution in [3.8, 4) is 0 Å². The maximum Gasteiger partial charge on any atom is 0.264 e. The number of hydrogen-bond donors (Lipinski definition) is 0. The summed E-state index contributed by atoms with van der Waals surface area (Å²) in [7, 11) is 0. The molecule has 4 heteroatoms. The van der Waals surface area contributed by atoms with Gasteiger partial charge in [0.25, 0.3) is 5.91 Å². The quantitative estimate of drug-likeness (QED) is 0.771. The lowest BCUT2D eigenvalue weighted by atomic mass is 10.1. The summed E-state index contributed by atoms with van der Waals surface area (Å²) in [5.41, 5.74) is 0. The van der Waals surface area contributed by atoms with E-state index in [2.05, 4.69) is 13.0 Å². The van der Waals surface area contributed by atoms with Crippen LogP contribution in [0.5, 0.6) is 0 Å². The highest BCUT2D eigenvalue weighted by Gasteiger charge is 2.26. The Kier molecular flexibility index (Phi) is 5.07. The lowest BCUT2D eigenvalue weighted by Gasteiger charge is -2.28. The average molecular weight is 286 g/mol. The predicted molar refractivity (Wildman–Crippen MR) is 77.7 cm³/mol. The summed E-state index contributed by atoms with van der Waals surface area (Å²) >= 11 is 7.64. The van der Waals surface area contributed by atoms with Gasteiger partial charge in [-0.2, -0.15) is 0 Å². The SMILES string of the molecule is CCc1ccc(C(=O)N2CCCCCC2CCl)s1. The molecular weight excluding hydrogens is 266 g/mol. The smallest absolute Gasteiger partial charge is 0.264 e. The zero-order valence-electron chi connectivity index (χ0n) is 10.8. The van der Waals surface area contributed by atoms with Crippen molar-refractivity contribution < 1.29 is 4.79 Å². The molecule has 2 nitrogen and oxygen atoms in total. The predicted octanol–water partition coefficient (Wildman–Crippen LogP) is 3.93. The summed E-state index contributed by atoms with van der Waals surface area (Å²) in [4.78, 5) is 16.7. The number of rotatable bonds is 3. The van der Waals surface area contributed by atoms with Gasteiger partial charge in [0.15, 0.2) is 0 Å². The number of alkyl halides is 1. The van der Waals surface area contributed by atoms with Gasteiger partial charge in [-0.25, -0.2) is 0 Å². The van der Waals surface area contributed by atoms with Crippen LogP contribution in [0.15, 0.2) is 12.1 Å². The zero-order valence-corrected chi connectivity index (χ0v) is 12.4. The highest BCUT2D eigenvalue weighted by Crippen LogP contribution is 2.24. The third-order valence-electron chi connectivity index (χ3n) is 3.54. The van der Waals surface area contributed by atoms with Crippen molar-refractivity contribution in [2.75, 3.05) is 12.4 Å². The fraction of sp³-hybridized carbons (Fsp3) is 0.643. The molecule has 1 unspecified atom stereocenters. The van der Waals surface area contributed by atoms with Crippen LogP contribution >= 0.6 is 22.9 Å². The summed E-state index contributed by atoms with van der Waals surface area (Å²) in [6.07, 6.45) is 5.54. The van der Waals surface area contributed by atoms with Crippen molar-refractivity contribution in [2.24, 2.45) is 0 Å². The molecule has 0 radical (unpaired) electrons. The molecule has 1 aliphatic heterocycles. The summed E-state index contributed by atoms with van der Waals surface area (Å²) < 4.78 is 0. The van der Waals surface area contributed by atoms with E-state index in [0.29, 0.717) is 5.88 Å². The Balaban J connectivity index is 2.14. The van der Waals surface area contributed by atoms with E-state index in [1.165, 1.54) is 17.7 Å². The number of hydrogen-bond acceptors (Lipinski definition) is 2. The second kappa shape index (κ2) is 6.58. The normalized spacial score (nSPS) is 20.8. The average Bonchev–Trinajstić information content (AvgIpc) is 2.75. The monoisotopic (exact) mass is 285 g/mol. The first-order valence-corrected chi connectivity index (χ1v) is 8.07. The third kappa shape index (κ3) is 3.07. The van der Waals surface area contributed by atoms with Gasteiger partial charge in [0, 0.05) is 23.3 Å². The topological polar surface area (TPSA) is 20.3 Å². The van der Waals surface area contributed by atoms with E-state index in [0.717, 1.165) is 30.7 Å². The van der Waals surface area contributed by atoms with E-state index < -0.39 is 0 Å². The van der Waals surface area contributed by atoms with Crippen molar-refractivity contribution in [3.63, 3.8) is 0 Å². The largest absolute Gasteiger partial charge is 0.334 e. The number of nitrogens with zero attached hydrogens (tertiary/aromatic N) is 1. The molecule has 0 spiro atoms. The van der Waals surface area contributed by atoms with E-state index in [4.69, 9.17) is 11.6 Å². The molecule has 1 aliphatic rings. The molecule has 0 aliphatic carbocycles. The van der Waals surface area contributed by atoms with Crippen LogP contribution in [0.1, 0.15) is 47.2 Å². The van der Waals surface area contributed by atoms with Crippen LogP contribution in [0.4, 0.5) is 0 Å². The van der Waals surface area contributed by atoms with Crippen LogP contribution in [0.3, 0.4) is 0 Å². The fourth-order valence-corrected chi connectivity index (χ4v) is 3.65. The van der Waals surface area contributed by atoms with Gasteiger partial charge in [0.2, 0.25) is 0 Å². The molecule has 0 saturated carbocycles. The standard InChI is InChI=1S/C14H20ClNOS/c1-2-12-7-8-13(18-12)14(17)16-9-5-3-4-6-11(16)10-15/h7-8,11H,2-6,9-10H2,1H3. The first-order valence-electron chi connectivity index (χ1n) is 6.72. The van der Waals surface area contributed by atoms with Gasteiger partial charge in [0.1, 0.15) is 0 Å². The molecule has 0 aromatic carbocycles. The minimum absolute atomic E-state index is 0.173. The van der Waals surface area contributed by atoms with Gasteiger partial charge < -0.3 is 4.90 Å². The second-order valence-corrected chi connectivity index (χ2v) is 6.25. The number of carbonyl (C=O) groups excluding carboxylic acids is 1. The van der Waals surface area contributed by atoms with E-state index in [1.54, 1.807) is 11.3 Å². The van der Waals surface area contributed by atoms with Crippen LogP contribution in [-0.4, -0.2) is 29.3 Å². The van der Waals surface area contributed by atoms with Gasteiger partial charge in [-0.3, -0.25) is 4.79 Å². The van der Waals surface area contributed by atoms with Crippen LogP contribution in [-0.2, 0) is 6.42 Å². The summed E-state index contributed by atoms with van der Waals surface area (Å²) in [6, 6.07) is 4.24. The van der Waals surface area contributed by atoms with E-state index >= 15 is 0 Å². The maximum atomic E-state index is 12.5. The molecule has 1 amide bonds. The van der Waals surface area contributed by atoms with Gasteiger partial charge in [0.05, 0.1) is 4.88 Å². The summed E-state index contributed by atoms with van der Waals surface area (Å²) in [5, 5.41) is 0. The molecule has 1 fully saturated rings. The molecule has 100 valence electrons. The number of carbonyl (C=O) groups is 1. The highest BCUT2D eigenvalue weighted by molar-refractivity contribution is 7.14. The number of halogens is 1. The van der Waals surface area contributed by atoms with E-state index in [-0.39, 0.29) is 11.9 Å². The molecule has 0 N–H and O–H groups in total. The van der Waals surface area contributed by atoms with Crippen LogP contribution in [0.2, 0.25) is 0 Å². The number of thiophene rings is 1. The molecular formula is C14H20ClNOS. The molecule has 2 heterocycles. The van der Waals surface area contributed by atoms with Gasteiger partial charge >= 0.3 is 0 Å². The Morgan fingerprint density at radius 2 is 2.28 bits per heavy atom. The minimum atomic E-state index is 0.173. The molecule has 1 saturated heterocycles. The summed E-state index contributed by atoms with van der Waals surface area (Å²) in [5.74, 6) is 0.727. The first-order chi connectivity index (χ1) is 8.76. The molecule has 2 rings (SSSR count). The molecule has 0 bridgehead atoms. The zero-order chi connectivity index (χ0) is 13.0. The van der Waals surface area contributed by atoms with Crippen LogP contribution in [0.25, 0.3) is 0 Å².